The van der Waals surface area contributed by atoms with Crippen molar-refractivity contribution in [3.63, 3.8) is 0 Å². The third-order valence-corrected chi connectivity index (χ3v) is 4.84. The Morgan fingerprint density at radius 3 is 1.94 bits per heavy atom. The molecular weight excluding hydrogens is 400 g/mol. The zero-order valence-corrected chi connectivity index (χ0v) is 19.1. The molecule has 0 heterocycles. The van der Waals surface area contributed by atoms with E-state index < -0.39 is 12.1 Å². The minimum Gasteiger partial charge on any atom is -0.493 e. The SMILES string of the molecule is CCCCCCCCCCCCCCOC(=O)OOOC(=O)c1ccccc1OCC. The molecule has 0 fully saturated rings. The van der Waals surface area contributed by atoms with Gasteiger partial charge in [0.25, 0.3) is 0 Å². The molecule has 1 rings (SSSR count). The first-order valence-corrected chi connectivity index (χ1v) is 11.6. The average molecular weight is 439 g/mol. The van der Waals surface area contributed by atoms with Gasteiger partial charge in [-0.3, -0.25) is 4.89 Å². The molecule has 176 valence electrons. The van der Waals surface area contributed by atoms with Gasteiger partial charge in [-0.1, -0.05) is 89.7 Å². The molecule has 0 atom stereocenters. The van der Waals surface area contributed by atoms with Gasteiger partial charge in [0.1, 0.15) is 11.3 Å². The summed E-state index contributed by atoms with van der Waals surface area (Å²) >= 11 is 0. The fourth-order valence-electron chi connectivity index (χ4n) is 3.16. The van der Waals surface area contributed by atoms with Crippen LogP contribution in [0.5, 0.6) is 5.75 Å². The Morgan fingerprint density at radius 2 is 1.32 bits per heavy atom. The number of ether oxygens (including phenoxy) is 2. The van der Waals surface area contributed by atoms with Crippen LogP contribution in [0.4, 0.5) is 4.79 Å². The van der Waals surface area contributed by atoms with Crippen LogP contribution in [0.25, 0.3) is 0 Å². The number of benzene rings is 1. The van der Waals surface area contributed by atoms with Crippen LogP contribution < -0.4 is 4.74 Å². The lowest BCUT2D eigenvalue weighted by molar-refractivity contribution is -0.452. The molecule has 0 aliphatic carbocycles. The van der Waals surface area contributed by atoms with E-state index in [-0.39, 0.29) is 12.2 Å². The molecule has 0 saturated heterocycles. The highest BCUT2D eigenvalue weighted by atomic mass is 17.5. The van der Waals surface area contributed by atoms with Gasteiger partial charge in [0.15, 0.2) is 0 Å². The van der Waals surface area contributed by atoms with Crippen molar-refractivity contribution in [1.82, 2.24) is 0 Å². The number of carbonyl (C=O) groups excluding carboxylic acids is 2. The van der Waals surface area contributed by atoms with Crippen molar-refractivity contribution in [3.05, 3.63) is 29.8 Å². The Morgan fingerprint density at radius 1 is 0.742 bits per heavy atom. The number of hydrogen-bond acceptors (Lipinski definition) is 7. The molecule has 31 heavy (non-hydrogen) atoms. The predicted molar refractivity (Wildman–Crippen MR) is 118 cm³/mol. The van der Waals surface area contributed by atoms with E-state index in [1.165, 1.54) is 63.9 Å². The van der Waals surface area contributed by atoms with Gasteiger partial charge in [-0.25, -0.2) is 14.5 Å². The molecule has 1 aromatic carbocycles. The summed E-state index contributed by atoms with van der Waals surface area (Å²) in [5.41, 5.74) is 0.165. The highest BCUT2D eigenvalue weighted by molar-refractivity contribution is 5.92. The maximum atomic E-state index is 11.9. The molecule has 0 N–H and O–H groups in total. The summed E-state index contributed by atoms with van der Waals surface area (Å²) in [7, 11) is 0. The van der Waals surface area contributed by atoms with E-state index in [1.54, 1.807) is 25.1 Å². The van der Waals surface area contributed by atoms with Gasteiger partial charge in [-0.15, -0.1) is 0 Å². The second-order valence-corrected chi connectivity index (χ2v) is 7.44. The van der Waals surface area contributed by atoms with Gasteiger partial charge in [0.05, 0.1) is 18.3 Å². The molecule has 7 nitrogen and oxygen atoms in total. The zero-order valence-electron chi connectivity index (χ0n) is 19.1. The Labute approximate surface area is 186 Å². The zero-order chi connectivity index (χ0) is 22.6. The summed E-state index contributed by atoms with van der Waals surface area (Å²) in [5, 5.41) is 4.23. The van der Waals surface area contributed by atoms with Gasteiger partial charge in [0.2, 0.25) is 0 Å². The molecule has 0 amide bonds. The van der Waals surface area contributed by atoms with E-state index in [1.807, 2.05) is 0 Å². The summed E-state index contributed by atoms with van der Waals surface area (Å²) in [6.07, 6.45) is 13.7. The summed E-state index contributed by atoms with van der Waals surface area (Å²) in [6, 6.07) is 6.53. The normalized spacial score (nSPS) is 10.5. The smallest absolute Gasteiger partial charge is 0.493 e. The quantitative estimate of drug-likeness (QED) is 0.106. The van der Waals surface area contributed by atoms with Gasteiger partial charge in [0, 0.05) is 0 Å². The van der Waals surface area contributed by atoms with E-state index >= 15 is 0 Å². The second kappa shape index (κ2) is 18.5. The molecule has 0 saturated carbocycles. The number of para-hydroxylation sites is 1. The molecular formula is C24H38O7. The van der Waals surface area contributed by atoms with E-state index in [0.29, 0.717) is 12.4 Å². The topological polar surface area (TPSA) is 80.3 Å². The standard InChI is InChI=1S/C24H38O7/c1-3-5-6-7-8-9-10-11-12-13-14-17-20-28-24(26)30-31-29-23(25)21-18-15-16-19-22(21)27-4-2/h15-16,18-19H,3-14,17,20H2,1-2H3. The monoisotopic (exact) mass is 438 g/mol. The Bertz CT molecular complexity index is 603. The van der Waals surface area contributed by atoms with Gasteiger partial charge in [-0.05, 0) is 25.5 Å². The lowest BCUT2D eigenvalue weighted by atomic mass is 10.1. The maximum Gasteiger partial charge on any atom is 0.543 e. The second-order valence-electron chi connectivity index (χ2n) is 7.44. The molecule has 1 aromatic rings. The molecule has 0 aliphatic heterocycles. The molecule has 0 radical (unpaired) electrons. The average Bonchev–Trinajstić information content (AvgIpc) is 2.77. The van der Waals surface area contributed by atoms with E-state index in [9.17, 15) is 9.59 Å². The first kappa shape index (κ1) is 26.8. The van der Waals surface area contributed by atoms with E-state index in [4.69, 9.17) is 9.47 Å². The van der Waals surface area contributed by atoms with Crippen LogP contribution >= 0.6 is 0 Å². The molecule has 0 unspecified atom stereocenters. The van der Waals surface area contributed by atoms with Crippen molar-refractivity contribution in [3.8, 4) is 5.75 Å². The van der Waals surface area contributed by atoms with E-state index in [0.717, 1.165) is 19.3 Å². The van der Waals surface area contributed by atoms with E-state index in [2.05, 4.69) is 21.7 Å². The Hall–Kier alpha value is -2.28. The van der Waals surface area contributed by atoms with Gasteiger partial charge in [-0.2, -0.15) is 0 Å². The summed E-state index contributed by atoms with van der Waals surface area (Å²) in [6.45, 7) is 4.67. The van der Waals surface area contributed by atoms with Crippen LogP contribution in [0.2, 0.25) is 0 Å². The molecule has 7 heteroatoms. The van der Waals surface area contributed by atoms with Crippen molar-refractivity contribution in [2.24, 2.45) is 0 Å². The third kappa shape index (κ3) is 13.6. The lowest BCUT2D eigenvalue weighted by Gasteiger charge is -2.08. The molecule has 0 aromatic heterocycles. The summed E-state index contributed by atoms with van der Waals surface area (Å²) < 4.78 is 10.2. The minimum atomic E-state index is -1.05. The fourth-order valence-corrected chi connectivity index (χ4v) is 3.16. The van der Waals surface area contributed by atoms with Crippen molar-refractivity contribution < 1.29 is 33.9 Å². The Kier molecular flexibility index (Phi) is 16.0. The number of unbranched alkanes of at least 4 members (excludes halogenated alkanes) is 11. The minimum absolute atomic E-state index is 0.165. The fraction of sp³-hybridized carbons (Fsp3) is 0.667. The van der Waals surface area contributed by atoms with Crippen molar-refractivity contribution in [1.29, 1.82) is 0 Å². The summed E-state index contributed by atoms with van der Waals surface area (Å²) in [4.78, 5) is 32.2. The van der Waals surface area contributed by atoms with Crippen LogP contribution in [0.3, 0.4) is 0 Å². The van der Waals surface area contributed by atoms with Crippen LogP contribution in [0.15, 0.2) is 24.3 Å². The van der Waals surface area contributed by atoms with Gasteiger partial charge >= 0.3 is 12.1 Å². The van der Waals surface area contributed by atoms with Crippen LogP contribution in [0.1, 0.15) is 101 Å². The Balaban J connectivity index is 1.97. The molecule has 0 aliphatic rings. The molecule has 0 bridgehead atoms. The van der Waals surface area contributed by atoms with Crippen molar-refractivity contribution >= 4 is 12.1 Å². The number of rotatable bonds is 18. The lowest BCUT2D eigenvalue weighted by Crippen LogP contribution is -2.13. The predicted octanol–water partition coefficient (Wildman–Crippen LogP) is 6.94. The third-order valence-electron chi connectivity index (χ3n) is 4.84. The highest BCUT2D eigenvalue weighted by Gasteiger charge is 2.16. The first-order chi connectivity index (χ1) is 15.2. The highest BCUT2D eigenvalue weighted by Crippen LogP contribution is 2.19. The van der Waals surface area contributed by atoms with Crippen molar-refractivity contribution in [2.75, 3.05) is 13.2 Å². The van der Waals surface area contributed by atoms with Crippen LogP contribution in [-0.4, -0.2) is 25.3 Å². The maximum absolute atomic E-state index is 11.9. The molecule has 0 spiro atoms. The number of carbonyl (C=O) groups is 2. The number of hydrogen-bond donors (Lipinski definition) is 0. The first-order valence-electron chi connectivity index (χ1n) is 11.6. The van der Waals surface area contributed by atoms with Crippen molar-refractivity contribution in [2.45, 2.75) is 90.9 Å². The summed E-state index contributed by atoms with van der Waals surface area (Å²) in [5.74, 6) is -0.481. The van der Waals surface area contributed by atoms with Gasteiger partial charge < -0.3 is 9.47 Å². The van der Waals surface area contributed by atoms with Crippen LogP contribution in [0, 0.1) is 0 Å². The van der Waals surface area contributed by atoms with Crippen LogP contribution in [-0.2, 0) is 19.6 Å². The largest absolute Gasteiger partial charge is 0.543 e.